The van der Waals surface area contributed by atoms with Gasteiger partial charge in [-0.05, 0) is 25.7 Å². The summed E-state index contributed by atoms with van der Waals surface area (Å²) in [7, 11) is 0. The van der Waals surface area contributed by atoms with Crippen LogP contribution in [0.1, 0.15) is 25.7 Å². The van der Waals surface area contributed by atoms with Crippen molar-refractivity contribution in [3.63, 3.8) is 0 Å². The van der Waals surface area contributed by atoms with E-state index in [4.69, 9.17) is 0 Å². The van der Waals surface area contributed by atoms with Crippen LogP contribution in [-0.4, -0.2) is 0 Å². The average Bonchev–Trinajstić information content (AvgIpc) is 1.62. The number of halogens is 2. The van der Waals surface area contributed by atoms with E-state index in [9.17, 15) is 0 Å². The second-order valence-corrected chi connectivity index (χ2v) is 2.10. The van der Waals surface area contributed by atoms with Gasteiger partial charge < -0.3 is 24.8 Å². The Balaban J connectivity index is -0.000000213. The first-order chi connectivity index (χ1) is 4.00. The summed E-state index contributed by atoms with van der Waals surface area (Å²) in [6.45, 7) is 0. The molecule has 1 aliphatic carbocycles. The van der Waals surface area contributed by atoms with Gasteiger partial charge in [-0.15, -0.1) is 0 Å². The Morgan fingerprint density at radius 2 is 0.727 bits per heavy atom. The fourth-order valence-electron chi connectivity index (χ4n) is 0.856. The number of rotatable bonds is 0. The van der Waals surface area contributed by atoms with Crippen LogP contribution in [0.2, 0.25) is 0 Å². The molecule has 0 aliphatic heterocycles. The Bertz CT molecular complexity index is 84.7. The Kier molecular flexibility index (Phi) is 21.1. The van der Waals surface area contributed by atoms with Crippen molar-refractivity contribution >= 4 is 0 Å². The smallest absolute Gasteiger partial charge is 1.00 e. The van der Waals surface area contributed by atoms with Crippen LogP contribution >= 0.6 is 0 Å². The quantitative estimate of drug-likeness (QED) is 0.387. The largest absolute Gasteiger partial charge is 2.00 e. The molecule has 0 saturated heterocycles. The van der Waals surface area contributed by atoms with E-state index in [0.29, 0.717) is 0 Å². The number of allylic oxidation sites excluding steroid dienone is 4. The molecule has 1 aliphatic rings. The fraction of sp³-hybridized carbons (Fsp3) is 0.500. The van der Waals surface area contributed by atoms with Crippen LogP contribution in [0.3, 0.4) is 0 Å². The van der Waals surface area contributed by atoms with Crippen molar-refractivity contribution in [1.29, 1.82) is 0 Å². The molecule has 0 fully saturated rings. The predicted molar refractivity (Wildman–Crippen MR) is 36.7 cm³/mol. The molecule has 0 nitrogen and oxygen atoms in total. The molecular formula is C8H12Cl2Co. The van der Waals surface area contributed by atoms with E-state index in [-0.39, 0.29) is 41.6 Å². The van der Waals surface area contributed by atoms with E-state index in [1.165, 1.54) is 25.7 Å². The summed E-state index contributed by atoms with van der Waals surface area (Å²) in [6.07, 6.45) is 14.0. The van der Waals surface area contributed by atoms with Crippen molar-refractivity contribution in [2.45, 2.75) is 25.7 Å². The molecule has 67 valence electrons. The summed E-state index contributed by atoms with van der Waals surface area (Å²) in [6, 6.07) is 0. The molecule has 0 aromatic rings. The van der Waals surface area contributed by atoms with Crippen LogP contribution in [0.15, 0.2) is 24.3 Å². The molecule has 0 bridgehead atoms. The molecule has 0 atom stereocenters. The zero-order valence-electron chi connectivity index (χ0n) is 6.23. The van der Waals surface area contributed by atoms with Crippen molar-refractivity contribution in [3.05, 3.63) is 24.3 Å². The Hall–Kier alpha value is 0.566. The topological polar surface area (TPSA) is 0 Å². The second kappa shape index (κ2) is 13.2. The molecular weight excluding hydrogens is 226 g/mol. The van der Waals surface area contributed by atoms with Gasteiger partial charge in [-0.2, -0.15) is 0 Å². The minimum atomic E-state index is 0. The molecule has 0 aromatic carbocycles. The molecule has 3 heteroatoms. The van der Waals surface area contributed by atoms with E-state index in [1.807, 2.05) is 0 Å². The third kappa shape index (κ3) is 10.6. The first kappa shape index (κ1) is 17.6. The van der Waals surface area contributed by atoms with Crippen LogP contribution in [0, 0.1) is 0 Å². The van der Waals surface area contributed by atoms with Gasteiger partial charge in [0, 0.05) is 0 Å². The predicted octanol–water partition coefficient (Wildman–Crippen LogP) is -3.32. The van der Waals surface area contributed by atoms with Crippen LogP contribution < -0.4 is 24.8 Å². The van der Waals surface area contributed by atoms with E-state index < -0.39 is 0 Å². The third-order valence-electron chi connectivity index (χ3n) is 1.33. The van der Waals surface area contributed by atoms with Gasteiger partial charge in [-0.25, -0.2) is 0 Å². The normalized spacial score (nSPS) is 20.4. The summed E-state index contributed by atoms with van der Waals surface area (Å²) in [5.74, 6) is 0. The average molecular weight is 238 g/mol. The van der Waals surface area contributed by atoms with Crippen LogP contribution in [0.4, 0.5) is 0 Å². The molecule has 0 spiro atoms. The van der Waals surface area contributed by atoms with E-state index in [1.54, 1.807) is 0 Å². The number of hydrogen-bond acceptors (Lipinski definition) is 0. The molecule has 0 aromatic heterocycles. The minimum absolute atomic E-state index is 0. The fourth-order valence-corrected chi connectivity index (χ4v) is 0.856. The summed E-state index contributed by atoms with van der Waals surface area (Å²) in [4.78, 5) is 0. The monoisotopic (exact) mass is 237 g/mol. The first-order valence-electron chi connectivity index (χ1n) is 3.30. The molecule has 0 saturated carbocycles. The standard InChI is InChI=1S/C8H12.2ClH.Co/c1-2-4-6-8-7-5-3-1;;;/h1-2,7-8H,3-6H2;2*1H;/q;;;+2/p-2/b2-1-,8-7-;;;. The Morgan fingerprint density at radius 3 is 0.909 bits per heavy atom. The molecule has 1 radical (unpaired) electrons. The number of hydrogen-bond donors (Lipinski definition) is 0. The molecule has 0 N–H and O–H groups in total. The van der Waals surface area contributed by atoms with Crippen molar-refractivity contribution in [2.75, 3.05) is 0 Å². The summed E-state index contributed by atoms with van der Waals surface area (Å²) >= 11 is 0. The van der Waals surface area contributed by atoms with Crippen molar-refractivity contribution in [2.24, 2.45) is 0 Å². The van der Waals surface area contributed by atoms with Crippen molar-refractivity contribution in [1.82, 2.24) is 0 Å². The summed E-state index contributed by atoms with van der Waals surface area (Å²) in [5.41, 5.74) is 0. The zero-order valence-corrected chi connectivity index (χ0v) is 8.78. The maximum absolute atomic E-state index is 2.27. The third-order valence-corrected chi connectivity index (χ3v) is 1.33. The Morgan fingerprint density at radius 1 is 0.545 bits per heavy atom. The van der Waals surface area contributed by atoms with E-state index in [2.05, 4.69) is 24.3 Å². The van der Waals surface area contributed by atoms with Gasteiger partial charge in [-0.1, -0.05) is 24.3 Å². The molecule has 11 heavy (non-hydrogen) atoms. The molecule has 0 unspecified atom stereocenters. The van der Waals surface area contributed by atoms with Crippen LogP contribution in [-0.2, 0) is 16.8 Å². The summed E-state index contributed by atoms with van der Waals surface area (Å²) in [5, 5.41) is 0. The first-order valence-corrected chi connectivity index (χ1v) is 3.30. The van der Waals surface area contributed by atoms with E-state index in [0.717, 1.165) is 0 Å². The zero-order chi connectivity index (χ0) is 5.66. The van der Waals surface area contributed by atoms with Gasteiger partial charge in [-0.3, -0.25) is 0 Å². The van der Waals surface area contributed by atoms with Gasteiger partial charge in [0.2, 0.25) is 0 Å². The SMILES string of the molecule is C1=C\CC/C=C\CC/1.[Cl-].[Cl-].[Co+2]. The van der Waals surface area contributed by atoms with E-state index >= 15 is 0 Å². The van der Waals surface area contributed by atoms with Gasteiger partial charge in [0.25, 0.3) is 0 Å². The molecule has 1 rings (SSSR count). The van der Waals surface area contributed by atoms with Gasteiger partial charge in [0.05, 0.1) is 0 Å². The van der Waals surface area contributed by atoms with Crippen LogP contribution in [0.5, 0.6) is 0 Å². The van der Waals surface area contributed by atoms with Gasteiger partial charge >= 0.3 is 16.8 Å². The second-order valence-electron chi connectivity index (χ2n) is 2.10. The Labute approximate surface area is 91.5 Å². The van der Waals surface area contributed by atoms with Crippen molar-refractivity contribution < 1.29 is 41.6 Å². The van der Waals surface area contributed by atoms with Gasteiger partial charge in [0.1, 0.15) is 0 Å². The molecule has 0 heterocycles. The van der Waals surface area contributed by atoms with Gasteiger partial charge in [0.15, 0.2) is 0 Å². The van der Waals surface area contributed by atoms with Crippen molar-refractivity contribution in [3.8, 4) is 0 Å². The summed E-state index contributed by atoms with van der Waals surface area (Å²) < 4.78 is 0. The van der Waals surface area contributed by atoms with Crippen LogP contribution in [0.25, 0.3) is 0 Å². The minimum Gasteiger partial charge on any atom is -1.00 e. The molecule has 0 amide bonds. The maximum Gasteiger partial charge on any atom is 2.00 e. The maximum atomic E-state index is 2.27.